The highest BCUT2D eigenvalue weighted by Gasteiger charge is 2.67. The molecule has 1 amide bonds. The van der Waals surface area contributed by atoms with E-state index in [0.717, 1.165) is 11.8 Å². The number of rotatable bonds is 3. The fraction of sp³-hybridized carbons (Fsp3) is 0.833. The number of nitrogens with one attached hydrogen (secondary N) is 1. The van der Waals surface area contributed by atoms with Gasteiger partial charge in [-0.15, -0.1) is 0 Å². The zero-order valence-electron chi connectivity index (χ0n) is 9.48. The first-order valence-corrected chi connectivity index (χ1v) is 6.60. The Kier molecular flexibility index (Phi) is 2.25. The van der Waals surface area contributed by atoms with Gasteiger partial charge in [-0.2, -0.15) is 0 Å². The van der Waals surface area contributed by atoms with Crippen molar-refractivity contribution in [2.45, 2.75) is 32.2 Å². The topological polar surface area (TPSA) is 55.1 Å². The lowest BCUT2D eigenvalue weighted by atomic mass is 10.0. The minimum Gasteiger partial charge on any atom is -0.392 e. The molecule has 3 aliphatic carbocycles. The zero-order valence-corrected chi connectivity index (χ0v) is 10.3. The van der Waals surface area contributed by atoms with Crippen LogP contribution in [0.5, 0.6) is 0 Å². The highest BCUT2D eigenvalue weighted by Crippen LogP contribution is 2.69. The van der Waals surface area contributed by atoms with E-state index in [4.69, 9.17) is 18.0 Å². The fourth-order valence-corrected chi connectivity index (χ4v) is 4.12. The monoisotopic (exact) mass is 238 g/mol. The summed E-state index contributed by atoms with van der Waals surface area (Å²) in [6.07, 6.45) is 4.07. The first-order chi connectivity index (χ1) is 7.59. The molecule has 3 rings (SSSR count). The molecule has 0 aliphatic heterocycles. The van der Waals surface area contributed by atoms with Gasteiger partial charge in [0.25, 0.3) is 0 Å². The Morgan fingerprint density at radius 1 is 1.38 bits per heavy atom. The van der Waals surface area contributed by atoms with Gasteiger partial charge in [0.05, 0.1) is 11.0 Å². The predicted molar refractivity (Wildman–Crippen MR) is 65.7 cm³/mol. The molecular formula is C12H18N2OS. The summed E-state index contributed by atoms with van der Waals surface area (Å²) in [5.74, 6) is 3.53. The summed E-state index contributed by atoms with van der Waals surface area (Å²) in [5.41, 5.74) is 5.50. The summed E-state index contributed by atoms with van der Waals surface area (Å²) in [4.78, 5) is 12.4. The second kappa shape index (κ2) is 3.42. The van der Waals surface area contributed by atoms with E-state index < -0.39 is 0 Å². The van der Waals surface area contributed by atoms with Gasteiger partial charge in [0.2, 0.25) is 5.91 Å². The molecule has 16 heavy (non-hydrogen) atoms. The second-order valence-electron chi connectivity index (χ2n) is 5.65. The summed E-state index contributed by atoms with van der Waals surface area (Å²) in [5, 5.41) is 2.93. The molecule has 88 valence electrons. The van der Waals surface area contributed by atoms with E-state index in [0.29, 0.717) is 16.8 Å². The van der Waals surface area contributed by atoms with Gasteiger partial charge < -0.3 is 11.1 Å². The van der Waals surface area contributed by atoms with Crippen LogP contribution in [0.3, 0.4) is 0 Å². The molecule has 0 aromatic carbocycles. The molecule has 0 aromatic heterocycles. The van der Waals surface area contributed by atoms with E-state index in [2.05, 4.69) is 5.32 Å². The Labute approximate surface area is 101 Å². The molecular weight excluding hydrogens is 220 g/mol. The van der Waals surface area contributed by atoms with Gasteiger partial charge in [-0.25, -0.2) is 0 Å². The highest BCUT2D eigenvalue weighted by atomic mass is 32.1. The molecule has 3 fully saturated rings. The predicted octanol–water partition coefficient (Wildman–Crippen LogP) is 1.07. The van der Waals surface area contributed by atoms with Crippen molar-refractivity contribution >= 4 is 23.1 Å². The summed E-state index contributed by atoms with van der Waals surface area (Å²) in [7, 11) is 0. The van der Waals surface area contributed by atoms with Crippen LogP contribution in [0.4, 0.5) is 0 Å². The standard InChI is InChI=1S/C12H18N2OS/c1-5(11(13)16)14-12(15)10-8-6-2-3-7(4-6)9(8)10/h5-10H,2-4H2,1H3,(H2,13,16)(H,14,15). The maximum atomic E-state index is 12.0. The Hall–Kier alpha value is -0.640. The van der Waals surface area contributed by atoms with Gasteiger partial charge in [-0.1, -0.05) is 12.2 Å². The third kappa shape index (κ3) is 1.39. The molecule has 5 unspecified atom stereocenters. The lowest BCUT2D eigenvalue weighted by Gasteiger charge is -2.14. The highest BCUT2D eigenvalue weighted by molar-refractivity contribution is 7.80. The average molecular weight is 238 g/mol. The maximum absolute atomic E-state index is 12.0. The minimum absolute atomic E-state index is 0.165. The summed E-state index contributed by atoms with van der Waals surface area (Å²) in [6, 6.07) is -0.165. The van der Waals surface area contributed by atoms with Crippen molar-refractivity contribution in [1.29, 1.82) is 0 Å². The molecule has 3 nitrogen and oxygen atoms in total. The Bertz CT molecular complexity index is 341. The number of fused-ring (bicyclic) bond motifs is 5. The molecule has 3 aliphatic rings. The minimum atomic E-state index is -0.165. The van der Waals surface area contributed by atoms with E-state index >= 15 is 0 Å². The first-order valence-electron chi connectivity index (χ1n) is 6.19. The van der Waals surface area contributed by atoms with Crippen molar-refractivity contribution in [3.63, 3.8) is 0 Å². The smallest absolute Gasteiger partial charge is 0.224 e. The molecule has 4 heteroatoms. The van der Waals surface area contributed by atoms with Gasteiger partial charge in [0.1, 0.15) is 0 Å². The van der Waals surface area contributed by atoms with Crippen LogP contribution < -0.4 is 11.1 Å². The molecule has 3 N–H and O–H groups in total. The zero-order chi connectivity index (χ0) is 11.4. The van der Waals surface area contributed by atoms with Gasteiger partial charge in [0, 0.05) is 5.92 Å². The van der Waals surface area contributed by atoms with Crippen molar-refractivity contribution in [2.75, 3.05) is 0 Å². The third-order valence-electron chi connectivity index (χ3n) is 4.82. The van der Waals surface area contributed by atoms with E-state index in [1.807, 2.05) is 6.92 Å². The number of carbonyl (C=O) groups is 1. The van der Waals surface area contributed by atoms with Crippen LogP contribution in [-0.2, 0) is 4.79 Å². The summed E-state index contributed by atoms with van der Waals surface area (Å²) in [6.45, 7) is 1.85. The molecule has 0 saturated heterocycles. The van der Waals surface area contributed by atoms with Gasteiger partial charge in [-0.3, -0.25) is 4.79 Å². The molecule has 0 radical (unpaired) electrons. The molecule has 0 spiro atoms. The number of amides is 1. The maximum Gasteiger partial charge on any atom is 0.224 e. The molecule has 0 heterocycles. The van der Waals surface area contributed by atoms with E-state index in [9.17, 15) is 4.79 Å². The molecule has 5 atom stereocenters. The van der Waals surface area contributed by atoms with Gasteiger partial charge >= 0.3 is 0 Å². The quantitative estimate of drug-likeness (QED) is 0.723. The van der Waals surface area contributed by atoms with Crippen molar-refractivity contribution in [3.8, 4) is 0 Å². The van der Waals surface area contributed by atoms with Gasteiger partial charge in [0.15, 0.2) is 0 Å². The van der Waals surface area contributed by atoms with Crippen LogP contribution in [0.25, 0.3) is 0 Å². The van der Waals surface area contributed by atoms with Crippen LogP contribution in [0.2, 0.25) is 0 Å². The first kappa shape index (κ1) is 10.5. The molecule has 2 bridgehead atoms. The number of thiocarbonyl (C=S) groups is 1. The number of nitrogens with two attached hydrogens (primary N) is 1. The van der Waals surface area contributed by atoms with E-state index in [-0.39, 0.29) is 17.9 Å². The average Bonchev–Trinajstić information content (AvgIpc) is 2.68. The van der Waals surface area contributed by atoms with Crippen molar-refractivity contribution in [3.05, 3.63) is 0 Å². The van der Waals surface area contributed by atoms with E-state index in [1.165, 1.54) is 19.3 Å². The second-order valence-corrected chi connectivity index (χ2v) is 6.12. The lowest BCUT2D eigenvalue weighted by Crippen LogP contribution is -2.42. The number of hydrogen-bond donors (Lipinski definition) is 2. The number of hydrogen-bond acceptors (Lipinski definition) is 2. The van der Waals surface area contributed by atoms with Crippen LogP contribution in [0.15, 0.2) is 0 Å². The SMILES string of the molecule is CC(NC(=O)C1C2C3CCC(C3)C12)C(N)=S. The molecule has 0 aromatic rings. The van der Waals surface area contributed by atoms with Gasteiger partial charge in [-0.05, 0) is 49.9 Å². The number of carbonyl (C=O) groups excluding carboxylic acids is 1. The normalized spacial score (nSPS) is 44.9. The van der Waals surface area contributed by atoms with Crippen LogP contribution in [0.1, 0.15) is 26.2 Å². The lowest BCUT2D eigenvalue weighted by molar-refractivity contribution is -0.123. The Morgan fingerprint density at radius 3 is 2.44 bits per heavy atom. The van der Waals surface area contributed by atoms with Crippen LogP contribution in [-0.4, -0.2) is 16.9 Å². The molecule has 3 saturated carbocycles. The summed E-state index contributed by atoms with van der Waals surface area (Å²) < 4.78 is 0. The van der Waals surface area contributed by atoms with Crippen molar-refractivity contribution in [2.24, 2.45) is 35.3 Å². The Morgan fingerprint density at radius 2 is 1.94 bits per heavy atom. The van der Waals surface area contributed by atoms with E-state index in [1.54, 1.807) is 0 Å². The Balaban J connectivity index is 1.61. The third-order valence-corrected chi connectivity index (χ3v) is 5.18. The largest absolute Gasteiger partial charge is 0.392 e. The van der Waals surface area contributed by atoms with Crippen LogP contribution in [0, 0.1) is 29.6 Å². The summed E-state index contributed by atoms with van der Waals surface area (Å²) >= 11 is 4.87. The van der Waals surface area contributed by atoms with Crippen molar-refractivity contribution in [1.82, 2.24) is 5.32 Å². The van der Waals surface area contributed by atoms with Crippen LogP contribution >= 0.6 is 12.2 Å². The fourth-order valence-electron chi connectivity index (χ4n) is 4.06. The van der Waals surface area contributed by atoms with Crippen molar-refractivity contribution < 1.29 is 4.79 Å².